The van der Waals surface area contributed by atoms with Crippen molar-refractivity contribution in [2.75, 3.05) is 13.7 Å². The van der Waals surface area contributed by atoms with E-state index in [9.17, 15) is 19.5 Å². The fourth-order valence-corrected chi connectivity index (χ4v) is 7.71. The van der Waals surface area contributed by atoms with E-state index in [1.165, 1.54) is 6.92 Å². The highest BCUT2D eigenvalue weighted by Gasteiger charge is 2.75. The van der Waals surface area contributed by atoms with Crippen LogP contribution < -0.4 is 0 Å². The topological polar surface area (TPSA) is 99.1 Å². The summed E-state index contributed by atoms with van der Waals surface area (Å²) in [5.41, 5.74) is -3.45. The van der Waals surface area contributed by atoms with Gasteiger partial charge in [0.15, 0.2) is 5.60 Å². The van der Waals surface area contributed by atoms with Crippen LogP contribution in [0.5, 0.6) is 0 Å². The van der Waals surface area contributed by atoms with Crippen molar-refractivity contribution in [3.05, 3.63) is 11.1 Å². The number of ketones is 2. The molecule has 0 amide bonds. The van der Waals surface area contributed by atoms with E-state index in [4.69, 9.17) is 14.2 Å². The summed E-state index contributed by atoms with van der Waals surface area (Å²) in [6.45, 7) is 12.7. The fraction of sp³-hybridized carbons (Fsp3) is 0.800. The summed E-state index contributed by atoms with van der Waals surface area (Å²) in [5, 5.41) is 12.4. The minimum atomic E-state index is -1.37. The van der Waals surface area contributed by atoms with Gasteiger partial charge in [-0.3, -0.25) is 14.4 Å². The van der Waals surface area contributed by atoms with Crippen molar-refractivity contribution in [1.29, 1.82) is 0 Å². The summed E-state index contributed by atoms with van der Waals surface area (Å²) >= 11 is 0. The minimum Gasteiger partial charge on any atom is -0.454 e. The Morgan fingerprint density at radius 3 is 2.31 bits per heavy atom. The quantitative estimate of drug-likeness (QED) is 0.512. The van der Waals surface area contributed by atoms with Crippen LogP contribution in [0.25, 0.3) is 0 Å². The smallest absolute Gasteiger partial charge is 0.303 e. The predicted octanol–water partition coefficient (Wildman–Crippen LogP) is 2.63. The van der Waals surface area contributed by atoms with Gasteiger partial charge in [-0.15, -0.1) is 0 Å². The van der Waals surface area contributed by atoms with E-state index in [2.05, 4.69) is 0 Å². The first-order valence-electron chi connectivity index (χ1n) is 11.6. The van der Waals surface area contributed by atoms with Crippen LogP contribution in [-0.4, -0.2) is 59.8 Å². The first kappa shape index (κ1) is 23.6. The lowest BCUT2D eigenvalue weighted by molar-refractivity contribution is -0.330. The molecular weight excluding hydrogens is 412 g/mol. The molecule has 1 saturated heterocycles. The molecule has 2 bridgehead atoms. The zero-order chi connectivity index (χ0) is 24.0. The molecule has 7 nitrogen and oxygen atoms in total. The molecule has 3 fully saturated rings. The molecule has 8 atom stereocenters. The van der Waals surface area contributed by atoms with Gasteiger partial charge < -0.3 is 19.3 Å². The lowest BCUT2D eigenvalue weighted by atomic mass is 9.41. The number of aliphatic hydroxyl groups is 1. The Bertz CT molecular complexity index is 919. The van der Waals surface area contributed by atoms with Crippen LogP contribution in [0, 0.1) is 28.6 Å². The second kappa shape index (κ2) is 6.97. The number of fused-ring (bicyclic) bond motifs is 5. The molecule has 0 radical (unpaired) electrons. The van der Waals surface area contributed by atoms with Gasteiger partial charge in [0.1, 0.15) is 6.10 Å². The van der Waals surface area contributed by atoms with E-state index in [1.807, 2.05) is 41.5 Å². The highest BCUT2D eigenvalue weighted by molar-refractivity contribution is 6.46. The molecule has 0 aromatic rings. The van der Waals surface area contributed by atoms with Gasteiger partial charge in [0, 0.05) is 42.8 Å². The maximum absolute atomic E-state index is 14.1. The molecule has 1 N–H and O–H groups in total. The molecule has 0 aromatic carbocycles. The number of hydrogen-bond donors (Lipinski definition) is 1. The molecule has 1 heterocycles. The summed E-state index contributed by atoms with van der Waals surface area (Å²) in [4.78, 5) is 40.1. The van der Waals surface area contributed by atoms with E-state index in [-0.39, 0.29) is 25.0 Å². The molecule has 178 valence electrons. The highest BCUT2D eigenvalue weighted by atomic mass is 16.6. The number of carbonyl (C=O) groups is 3. The second-order valence-electron chi connectivity index (χ2n) is 11.2. The second-order valence-corrected chi connectivity index (χ2v) is 11.2. The summed E-state index contributed by atoms with van der Waals surface area (Å²) in [6.07, 6.45) is -0.0517. The molecule has 4 aliphatic rings. The Hall–Kier alpha value is -1.57. The van der Waals surface area contributed by atoms with Gasteiger partial charge in [-0.2, -0.15) is 0 Å². The Balaban J connectivity index is 2.03. The number of hydrogen-bond acceptors (Lipinski definition) is 7. The van der Waals surface area contributed by atoms with E-state index >= 15 is 0 Å². The molecule has 1 aliphatic heterocycles. The van der Waals surface area contributed by atoms with Crippen molar-refractivity contribution in [2.45, 2.75) is 84.7 Å². The van der Waals surface area contributed by atoms with Gasteiger partial charge in [-0.25, -0.2) is 0 Å². The van der Waals surface area contributed by atoms with E-state index < -0.39 is 57.5 Å². The molecule has 0 spiro atoms. The normalized spacial score (nSPS) is 47.6. The Morgan fingerprint density at radius 1 is 1.19 bits per heavy atom. The van der Waals surface area contributed by atoms with Crippen molar-refractivity contribution in [3.63, 3.8) is 0 Å². The highest BCUT2D eigenvalue weighted by Crippen LogP contribution is 2.65. The average Bonchev–Trinajstić information content (AvgIpc) is 2.70. The van der Waals surface area contributed by atoms with Crippen LogP contribution in [0.2, 0.25) is 0 Å². The molecule has 4 rings (SSSR count). The molecule has 3 aliphatic carbocycles. The van der Waals surface area contributed by atoms with Gasteiger partial charge in [-0.1, -0.05) is 34.6 Å². The molecule has 32 heavy (non-hydrogen) atoms. The molecule has 0 aromatic heterocycles. The van der Waals surface area contributed by atoms with Crippen LogP contribution in [0.1, 0.15) is 61.3 Å². The zero-order valence-electron chi connectivity index (χ0n) is 20.4. The SMILES string of the molecule is CO[C@H]1C[C@@]2(O)[C@@H](C)[C@@H]3[C@]4(OC(C)=O)CO[C@@H]4C[C@H](C)[C@@]3(C)C(=O)C(=O)C(=C1C)C2(C)C. The third-order valence-electron chi connectivity index (χ3n) is 9.69. The maximum Gasteiger partial charge on any atom is 0.303 e. The fourth-order valence-electron chi connectivity index (χ4n) is 7.71. The number of methoxy groups -OCH3 is 1. The molecular formula is C25H36O7. The van der Waals surface area contributed by atoms with Crippen molar-refractivity contribution in [2.24, 2.45) is 28.6 Å². The van der Waals surface area contributed by atoms with Crippen LogP contribution in [-0.2, 0) is 28.6 Å². The summed E-state index contributed by atoms with van der Waals surface area (Å²) in [7, 11) is 1.55. The van der Waals surface area contributed by atoms with E-state index in [0.29, 0.717) is 17.6 Å². The monoisotopic (exact) mass is 448 g/mol. The first-order chi connectivity index (χ1) is 14.7. The summed E-state index contributed by atoms with van der Waals surface area (Å²) in [5.74, 6) is -2.74. The Labute approximate surface area is 189 Å². The van der Waals surface area contributed by atoms with Crippen molar-refractivity contribution in [1.82, 2.24) is 0 Å². The number of esters is 1. The van der Waals surface area contributed by atoms with Crippen molar-refractivity contribution >= 4 is 17.5 Å². The zero-order valence-corrected chi connectivity index (χ0v) is 20.4. The molecule has 2 saturated carbocycles. The molecule has 7 heteroatoms. The van der Waals surface area contributed by atoms with Crippen LogP contribution in [0.4, 0.5) is 0 Å². The maximum atomic E-state index is 14.1. The van der Waals surface area contributed by atoms with Gasteiger partial charge in [-0.05, 0) is 30.8 Å². The number of rotatable bonds is 2. The van der Waals surface area contributed by atoms with E-state index in [1.54, 1.807) is 7.11 Å². The first-order valence-corrected chi connectivity index (χ1v) is 11.6. The van der Waals surface area contributed by atoms with Gasteiger partial charge >= 0.3 is 5.97 Å². The third kappa shape index (κ3) is 2.56. The van der Waals surface area contributed by atoms with Gasteiger partial charge in [0.25, 0.3) is 0 Å². The minimum absolute atomic E-state index is 0.155. The number of Topliss-reactive ketones (excluding diaryl/α,β-unsaturated/α-hetero) is 2. The third-order valence-corrected chi connectivity index (χ3v) is 9.69. The van der Waals surface area contributed by atoms with Crippen LogP contribution in [0.15, 0.2) is 11.1 Å². The number of ether oxygens (including phenoxy) is 3. The van der Waals surface area contributed by atoms with Crippen LogP contribution >= 0.6 is 0 Å². The van der Waals surface area contributed by atoms with Gasteiger partial charge in [0.2, 0.25) is 11.6 Å². The predicted molar refractivity (Wildman–Crippen MR) is 116 cm³/mol. The van der Waals surface area contributed by atoms with Gasteiger partial charge in [0.05, 0.1) is 18.3 Å². The Morgan fingerprint density at radius 2 is 1.81 bits per heavy atom. The summed E-state index contributed by atoms with van der Waals surface area (Å²) < 4.78 is 17.5. The van der Waals surface area contributed by atoms with Crippen LogP contribution in [0.3, 0.4) is 0 Å². The average molecular weight is 449 g/mol. The lowest BCUT2D eigenvalue weighted by Crippen LogP contribution is -2.78. The largest absolute Gasteiger partial charge is 0.454 e. The lowest BCUT2D eigenvalue weighted by Gasteiger charge is -2.67. The van der Waals surface area contributed by atoms with Crippen molar-refractivity contribution in [3.8, 4) is 0 Å². The Kier molecular flexibility index (Phi) is 5.13. The van der Waals surface area contributed by atoms with E-state index in [0.717, 1.165) is 0 Å². The summed E-state index contributed by atoms with van der Waals surface area (Å²) in [6, 6.07) is 0. The molecule has 0 unspecified atom stereocenters. The number of carbonyl (C=O) groups excluding carboxylic acids is 3. The van der Waals surface area contributed by atoms with Crippen molar-refractivity contribution < 1.29 is 33.7 Å². The standard InChI is InChI=1S/C25H36O7/c1-12-9-17-24(11-31-17,32-15(4)26)20-14(3)25(29)10-16(30-8)13(2)18(22(25,5)6)19(27)21(28)23(12,20)7/h12,14,16-17,20,29H,9-11H2,1-8H3/t12-,14-,16-,17+,20-,23+,24-,25+/m0/s1.